The average molecular weight is 385 g/mol. The predicted octanol–water partition coefficient (Wildman–Crippen LogP) is 2.08. The van der Waals surface area contributed by atoms with Gasteiger partial charge in [0.05, 0.1) is 6.04 Å². The van der Waals surface area contributed by atoms with Crippen molar-refractivity contribution in [1.29, 1.82) is 0 Å². The molecule has 150 valence electrons. The van der Waals surface area contributed by atoms with Gasteiger partial charge in [0.2, 0.25) is 5.91 Å². The van der Waals surface area contributed by atoms with Gasteiger partial charge in [-0.15, -0.1) is 0 Å². The molecule has 0 aliphatic heterocycles. The molecule has 1 atom stereocenters. The number of hydrogen-bond acceptors (Lipinski definition) is 5. The smallest absolute Gasteiger partial charge is 0.407 e. The first-order valence-electron chi connectivity index (χ1n) is 9.30. The largest absolute Gasteiger partial charge is 0.508 e. The van der Waals surface area contributed by atoms with Gasteiger partial charge < -0.3 is 26.2 Å². The fourth-order valence-corrected chi connectivity index (χ4v) is 2.67. The topological polar surface area (TPSA) is 114 Å². The number of phenols is 1. The van der Waals surface area contributed by atoms with Crippen molar-refractivity contribution < 1.29 is 19.4 Å². The first kappa shape index (κ1) is 21.2. The standard InChI is InChI=1S/C21H27N3O4/c22-20(26)19(23-14-12-16-8-10-18(25)11-9-16)7-4-13-24-21(27)28-15-17-5-2-1-3-6-17/h1-3,5-6,8-11,19,23,25H,4,7,12-15H2,(H2,22,26)(H,24,27)/t19-/m1/s1. The molecule has 28 heavy (non-hydrogen) atoms. The molecular weight excluding hydrogens is 358 g/mol. The van der Waals surface area contributed by atoms with Crippen LogP contribution in [0.25, 0.3) is 0 Å². The van der Waals surface area contributed by atoms with Crippen molar-refractivity contribution >= 4 is 12.0 Å². The lowest BCUT2D eigenvalue weighted by Gasteiger charge is -2.15. The van der Waals surface area contributed by atoms with Crippen LogP contribution in [-0.2, 0) is 22.6 Å². The highest BCUT2D eigenvalue weighted by Gasteiger charge is 2.14. The number of alkyl carbamates (subject to hydrolysis) is 1. The van der Waals surface area contributed by atoms with Gasteiger partial charge in [0, 0.05) is 6.54 Å². The Hall–Kier alpha value is -3.06. The molecule has 0 unspecified atom stereocenters. The Morgan fingerprint density at radius 2 is 1.71 bits per heavy atom. The maximum absolute atomic E-state index is 11.7. The number of primary amides is 1. The summed E-state index contributed by atoms with van der Waals surface area (Å²) in [6.07, 6.45) is 1.35. The van der Waals surface area contributed by atoms with Crippen molar-refractivity contribution in [2.75, 3.05) is 13.1 Å². The Morgan fingerprint density at radius 1 is 1.00 bits per heavy atom. The Morgan fingerprint density at radius 3 is 2.39 bits per heavy atom. The number of amides is 2. The summed E-state index contributed by atoms with van der Waals surface area (Å²) < 4.78 is 5.13. The molecule has 0 aromatic heterocycles. The zero-order valence-electron chi connectivity index (χ0n) is 15.8. The van der Waals surface area contributed by atoms with E-state index in [4.69, 9.17) is 10.5 Å². The summed E-state index contributed by atoms with van der Waals surface area (Å²) in [5.74, 6) is -0.195. The number of aromatic hydroxyl groups is 1. The third-order valence-electron chi connectivity index (χ3n) is 4.24. The van der Waals surface area contributed by atoms with Gasteiger partial charge in [-0.05, 0) is 49.1 Å². The summed E-state index contributed by atoms with van der Waals surface area (Å²) in [5, 5.41) is 15.1. The van der Waals surface area contributed by atoms with Crippen LogP contribution < -0.4 is 16.4 Å². The van der Waals surface area contributed by atoms with Crippen molar-refractivity contribution in [3.05, 3.63) is 65.7 Å². The van der Waals surface area contributed by atoms with Gasteiger partial charge in [-0.1, -0.05) is 42.5 Å². The molecule has 2 aromatic rings. The van der Waals surface area contributed by atoms with Gasteiger partial charge in [0.1, 0.15) is 12.4 Å². The minimum Gasteiger partial charge on any atom is -0.508 e. The van der Waals surface area contributed by atoms with Gasteiger partial charge in [-0.25, -0.2) is 4.79 Å². The van der Waals surface area contributed by atoms with E-state index in [1.807, 2.05) is 42.5 Å². The first-order valence-corrected chi connectivity index (χ1v) is 9.30. The molecule has 0 bridgehead atoms. The van der Waals surface area contributed by atoms with E-state index < -0.39 is 18.0 Å². The Labute approximate surface area is 164 Å². The van der Waals surface area contributed by atoms with E-state index in [9.17, 15) is 14.7 Å². The van der Waals surface area contributed by atoms with Crippen LogP contribution in [0.3, 0.4) is 0 Å². The molecular formula is C21H27N3O4. The number of hydrogen-bond donors (Lipinski definition) is 4. The molecule has 0 fully saturated rings. The highest BCUT2D eigenvalue weighted by atomic mass is 16.5. The fourth-order valence-electron chi connectivity index (χ4n) is 2.67. The van der Waals surface area contributed by atoms with Crippen LogP contribution in [0.1, 0.15) is 24.0 Å². The van der Waals surface area contributed by atoms with Gasteiger partial charge >= 0.3 is 6.09 Å². The Kier molecular flexibility index (Phi) is 8.81. The molecule has 2 rings (SSSR count). The minimum absolute atomic E-state index is 0.218. The normalized spacial score (nSPS) is 11.6. The molecule has 0 aliphatic carbocycles. The molecule has 0 heterocycles. The highest BCUT2D eigenvalue weighted by molar-refractivity contribution is 5.79. The van der Waals surface area contributed by atoms with Gasteiger partial charge in [0.25, 0.3) is 0 Å². The van der Waals surface area contributed by atoms with E-state index in [-0.39, 0.29) is 12.4 Å². The van der Waals surface area contributed by atoms with Crippen LogP contribution in [0.5, 0.6) is 5.75 Å². The maximum Gasteiger partial charge on any atom is 0.407 e. The van der Waals surface area contributed by atoms with Crippen LogP contribution in [0.4, 0.5) is 4.79 Å². The number of phenolic OH excluding ortho intramolecular Hbond substituents is 1. The number of carbonyl (C=O) groups is 2. The summed E-state index contributed by atoms with van der Waals surface area (Å²) in [6, 6.07) is 15.9. The second-order valence-electron chi connectivity index (χ2n) is 6.46. The minimum atomic E-state index is -0.486. The molecule has 2 amide bonds. The highest BCUT2D eigenvalue weighted by Crippen LogP contribution is 2.09. The lowest BCUT2D eigenvalue weighted by atomic mass is 10.1. The van der Waals surface area contributed by atoms with Crippen molar-refractivity contribution in [2.24, 2.45) is 5.73 Å². The lowest BCUT2D eigenvalue weighted by molar-refractivity contribution is -0.120. The zero-order chi connectivity index (χ0) is 20.2. The van der Waals surface area contributed by atoms with Crippen molar-refractivity contribution in [3.63, 3.8) is 0 Å². The average Bonchev–Trinajstić information content (AvgIpc) is 2.70. The third-order valence-corrected chi connectivity index (χ3v) is 4.24. The molecule has 0 spiro atoms. The molecule has 0 saturated heterocycles. The number of rotatable bonds is 11. The Balaban J connectivity index is 1.60. The van der Waals surface area contributed by atoms with Crippen LogP contribution >= 0.6 is 0 Å². The van der Waals surface area contributed by atoms with Gasteiger partial charge in [-0.2, -0.15) is 0 Å². The molecule has 7 nitrogen and oxygen atoms in total. The van der Waals surface area contributed by atoms with E-state index in [1.54, 1.807) is 12.1 Å². The second kappa shape index (κ2) is 11.6. The van der Waals surface area contributed by atoms with E-state index in [1.165, 1.54) is 0 Å². The first-order chi connectivity index (χ1) is 13.5. The zero-order valence-corrected chi connectivity index (χ0v) is 15.8. The van der Waals surface area contributed by atoms with Crippen LogP contribution in [0.15, 0.2) is 54.6 Å². The summed E-state index contributed by atoms with van der Waals surface area (Å²) in [4.78, 5) is 23.3. The lowest BCUT2D eigenvalue weighted by Crippen LogP contribution is -2.42. The molecule has 0 saturated carbocycles. The van der Waals surface area contributed by atoms with Crippen molar-refractivity contribution in [2.45, 2.75) is 31.9 Å². The number of ether oxygens (including phenoxy) is 1. The molecule has 0 aliphatic rings. The van der Waals surface area contributed by atoms with Crippen LogP contribution in [-0.4, -0.2) is 36.2 Å². The number of benzene rings is 2. The second-order valence-corrected chi connectivity index (χ2v) is 6.46. The maximum atomic E-state index is 11.7. The van der Waals surface area contributed by atoms with E-state index >= 15 is 0 Å². The van der Waals surface area contributed by atoms with E-state index in [0.717, 1.165) is 11.1 Å². The predicted molar refractivity (Wildman–Crippen MR) is 107 cm³/mol. The number of nitrogens with one attached hydrogen (secondary N) is 2. The van der Waals surface area contributed by atoms with Gasteiger partial charge in [-0.3, -0.25) is 4.79 Å². The van der Waals surface area contributed by atoms with E-state index in [2.05, 4.69) is 10.6 Å². The van der Waals surface area contributed by atoms with Crippen LogP contribution in [0, 0.1) is 0 Å². The van der Waals surface area contributed by atoms with E-state index in [0.29, 0.717) is 32.4 Å². The quantitative estimate of drug-likeness (QED) is 0.442. The van der Waals surface area contributed by atoms with Crippen molar-refractivity contribution in [3.8, 4) is 5.75 Å². The van der Waals surface area contributed by atoms with Gasteiger partial charge in [0.15, 0.2) is 0 Å². The SMILES string of the molecule is NC(=O)[C@@H](CCCNC(=O)OCc1ccccc1)NCCc1ccc(O)cc1. The Bertz CT molecular complexity index is 735. The van der Waals surface area contributed by atoms with Crippen LogP contribution in [0.2, 0.25) is 0 Å². The summed E-state index contributed by atoms with van der Waals surface area (Å²) in [6.45, 7) is 1.21. The summed E-state index contributed by atoms with van der Waals surface area (Å²) in [5.41, 5.74) is 7.42. The molecule has 7 heteroatoms. The number of carbonyl (C=O) groups excluding carboxylic acids is 2. The molecule has 5 N–H and O–H groups in total. The van der Waals surface area contributed by atoms with Crippen molar-refractivity contribution in [1.82, 2.24) is 10.6 Å². The third kappa shape index (κ3) is 8.09. The monoisotopic (exact) mass is 385 g/mol. The fraction of sp³-hybridized carbons (Fsp3) is 0.333. The molecule has 0 radical (unpaired) electrons. The molecule has 2 aromatic carbocycles. The summed E-state index contributed by atoms with van der Waals surface area (Å²) >= 11 is 0. The summed E-state index contributed by atoms with van der Waals surface area (Å²) in [7, 11) is 0. The number of nitrogens with two attached hydrogens (primary N) is 1.